The molecule has 1 N–H and O–H groups in total. The van der Waals surface area contributed by atoms with Gasteiger partial charge >= 0.3 is 0 Å². The van der Waals surface area contributed by atoms with Crippen molar-refractivity contribution in [2.24, 2.45) is 5.92 Å². The molecule has 30 heavy (non-hydrogen) atoms. The lowest BCUT2D eigenvalue weighted by atomic mass is 9.88. The van der Waals surface area contributed by atoms with Gasteiger partial charge in [0.2, 0.25) is 5.91 Å². The van der Waals surface area contributed by atoms with Crippen molar-refractivity contribution >= 4 is 11.8 Å². The van der Waals surface area contributed by atoms with Crippen molar-refractivity contribution in [1.82, 2.24) is 10.2 Å². The van der Waals surface area contributed by atoms with Crippen LogP contribution in [-0.4, -0.2) is 64.3 Å². The third-order valence-electron chi connectivity index (χ3n) is 5.43. The smallest absolute Gasteiger partial charge is 0.253 e. The Morgan fingerprint density at radius 3 is 2.10 bits per heavy atom. The summed E-state index contributed by atoms with van der Waals surface area (Å²) >= 11 is 0. The van der Waals surface area contributed by atoms with Crippen molar-refractivity contribution in [2.75, 3.05) is 47.6 Å². The molecule has 0 radical (unpaired) electrons. The summed E-state index contributed by atoms with van der Waals surface area (Å²) in [5, 5.41) is 2.92. The molecule has 1 heterocycles. The first kappa shape index (κ1) is 21.6. The number of amides is 2. The molecule has 0 unspecified atom stereocenters. The number of likely N-dealkylation sites (tertiary alicyclic amines) is 1. The van der Waals surface area contributed by atoms with Crippen molar-refractivity contribution in [3.8, 4) is 11.5 Å². The molecule has 1 saturated heterocycles. The maximum Gasteiger partial charge on any atom is 0.253 e. The van der Waals surface area contributed by atoms with Gasteiger partial charge in [-0.15, -0.1) is 0 Å². The first-order valence-corrected chi connectivity index (χ1v) is 9.91. The fourth-order valence-electron chi connectivity index (χ4n) is 3.75. The third-order valence-corrected chi connectivity index (χ3v) is 5.43. The Morgan fingerprint density at radius 2 is 1.53 bits per heavy atom. The number of hydrogen-bond donors (Lipinski definition) is 1. The number of methoxy groups -OCH3 is 3. The molecule has 7 nitrogen and oxygen atoms in total. The summed E-state index contributed by atoms with van der Waals surface area (Å²) in [4.78, 5) is 27.7. The van der Waals surface area contributed by atoms with E-state index in [0.717, 1.165) is 11.3 Å². The molecule has 7 heteroatoms. The summed E-state index contributed by atoms with van der Waals surface area (Å²) in [5.74, 6) is 0.850. The van der Waals surface area contributed by atoms with Crippen LogP contribution in [0, 0.1) is 5.92 Å². The van der Waals surface area contributed by atoms with Gasteiger partial charge in [0.25, 0.3) is 5.91 Å². The number of benzene rings is 2. The molecular formula is C23H28N2O5. The van der Waals surface area contributed by atoms with Crippen molar-refractivity contribution in [3.63, 3.8) is 0 Å². The molecule has 2 amide bonds. The lowest BCUT2D eigenvalue weighted by molar-refractivity contribution is -0.125. The lowest BCUT2D eigenvalue weighted by Crippen LogP contribution is -2.37. The van der Waals surface area contributed by atoms with E-state index < -0.39 is 0 Å². The minimum absolute atomic E-state index is 0.0714. The van der Waals surface area contributed by atoms with E-state index in [1.807, 2.05) is 24.3 Å². The normalized spacial score (nSPS) is 18.2. The Balaban J connectivity index is 1.80. The minimum atomic E-state index is -0.336. The van der Waals surface area contributed by atoms with Gasteiger partial charge in [0.15, 0.2) is 0 Å². The van der Waals surface area contributed by atoms with Crippen LogP contribution >= 0.6 is 0 Å². The first-order chi connectivity index (χ1) is 14.6. The van der Waals surface area contributed by atoms with E-state index >= 15 is 0 Å². The van der Waals surface area contributed by atoms with Gasteiger partial charge in [0.05, 0.1) is 26.7 Å². The number of carbonyl (C=O) groups excluding carboxylic acids is 2. The summed E-state index contributed by atoms with van der Waals surface area (Å²) in [7, 11) is 4.80. The highest BCUT2D eigenvalue weighted by molar-refractivity contribution is 5.95. The van der Waals surface area contributed by atoms with Crippen molar-refractivity contribution in [2.45, 2.75) is 5.92 Å². The molecule has 160 valence electrons. The maximum atomic E-state index is 13.1. The Hall–Kier alpha value is -3.06. The van der Waals surface area contributed by atoms with Crippen LogP contribution in [0.25, 0.3) is 0 Å². The average Bonchev–Trinajstić information content (AvgIpc) is 3.24. The quantitative estimate of drug-likeness (QED) is 0.674. The molecule has 1 fully saturated rings. The van der Waals surface area contributed by atoms with Crippen LogP contribution in [0.2, 0.25) is 0 Å². The largest absolute Gasteiger partial charge is 0.497 e. The van der Waals surface area contributed by atoms with Gasteiger partial charge in [-0.05, 0) is 42.0 Å². The zero-order valence-electron chi connectivity index (χ0n) is 17.6. The maximum absolute atomic E-state index is 13.1. The van der Waals surface area contributed by atoms with Crippen LogP contribution < -0.4 is 14.8 Å². The minimum Gasteiger partial charge on any atom is -0.497 e. The average molecular weight is 412 g/mol. The van der Waals surface area contributed by atoms with Crippen molar-refractivity contribution < 1.29 is 23.8 Å². The first-order valence-electron chi connectivity index (χ1n) is 9.91. The number of carbonyl (C=O) groups is 2. The highest BCUT2D eigenvalue weighted by Crippen LogP contribution is 2.34. The van der Waals surface area contributed by atoms with Crippen molar-refractivity contribution in [1.29, 1.82) is 0 Å². The van der Waals surface area contributed by atoms with Crippen LogP contribution in [0.3, 0.4) is 0 Å². The van der Waals surface area contributed by atoms with Gasteiger partial charge in [-0.2, -0.15) is 0 Å². The molecule has 0 spiro atoms. The van der Waals surface area contributed by atoms with Gasteiger partial charge in [-0.25, -0.2) is 0 Å². The molecular weight excluding hydrogens is 384 g/mol. The molecule has 1 aliphatic rings. The monoisotopic (exact) mass is 412 g/mol. The fourth-order valence-corrected chi connectivity index (χ4v) is 3.75. The second kappa shape index (κ2) is 10.1. The van der Waals surface area contributed by atoms with E-state index in [-0.39, 0.29) is 23.7 Å². The molecule has 2 atom stereocenters. The van der Waals surface area contributed by atoms with E-state index in [1.54, 1.807) is 50.5 Å². The van der Waals surface area contributed by atoms with E-state index in [1.165, 1.54) is 0 Å². The summed E-state index contributed by atoms with van der Waals surface area (Å²) in [5.41, 5.74) is 1.58. The zero-order valence-corrected chi connectivity index (χ0v) is 17.6. The Bertz CT molecular complexity index is 851. The highest BCUT2D eigenvalue weighted by atomic mass is 16.5. The van der Waals surface area contributed by atoms with Crippen LogP contribution in [0.4, 0.5) is 0 Å². The van der Waals surface area contributed by atoms with E-state index in [4.69, 9.17) is 14.2 Å². The molecule has 2 aromatic carbocycles. The van der Waals surface area contributed by atoms with Crippen LogP contribution in [0.15, 0.2) is 48.5 Å². The van der Waals surface area contributed by atoms with Gasteiger partial charge in [-0.3, -0.25) is 9.59 Å². The van der Waals surface area contributed by atoms with Gasteiger partial charge in [0.1, 0.15) is 11.5 Å². The van der Waals surface area contributed by atoms with E-state index in [9.17, 15) is 9.59 Å². The molecule has 2 aromatic rings. The van der Waals surface area contributed by atoms with Gasteiger partial charge in [0, 0.05) is 38.2 Å². The van der Waals surface area contributed by atoms with Crippen molar-refractivity contribution in [3.05, 3.63) is 59.7 Å². The molecule has 0 saturated carbocycles. The summed E-state index contributed by atoms with van der Waals surface area (Å²) < 4.78 is 15.4. The molecule has 0 aliphatic carbocycles. The number of hydrogen-bond acceptors (Lipinski definition) is 5. The predicted octanol–water partition coefficient (Wildman–Crippen LogP) is 2.32. The Kier molecular flexibility index (Phi) is 7.30. The zero-order chi connectivity index (χ0) is 21.5. The SMILES string of the molecule is COCCNC(=O)[C@H]1CN(C(=O)c2ccc(OC)cc2)C[C@@H]1c1ccc(OC)cc1. The number of rotatable bonds is 8. The fraction of sp³-hybridized carbons (Fsp3) is 0.391. The Labute approximate surface area is 176 Å². The predicted molar refractivity (Wildman–Crippen MR) is 113 cm³/mol. The number of nitrogens with zero attached hydrogens (tertiary/aromatic N) is 1. The summed E-state index contributed by atoms with van der Waals surface area (Å²) in [6.07, 6.45) is 0. The molecule has 3 rings (SSSR count). The number of nitrogens with one attached hydrogen (secondary N) is 1. The van der Waals surface area contributed by atoms with Crippen LogP contribution in [0.5, 0.6) is 11.5 Å². The van der Waals surface area contributed by atoms with Crippen LogP contribution in [-0.2, 0) is 9.53 Å². The summed E-state index contributed by atoms with van der Waals surface area (Å²) in [6, 6.07) is 14.7. The third kappa shape index (κ3) is 4.91. The molecule has 1 aliphatic heterocycles. The second-order valence-electron chi connectivity index (χ2n) is 7.21. The summed E-state index contributed by atoms with van der Waals surface area (Å²) in [6.45, 7) is 1.72. The van der Waals surface area contributed by atoms with Gasteiger partial charge in [-0.1, -0.05) is 12.1 Å². The van der Waals surface area contributed by atoms with Gasteiger partial charge < -0.3 is 24.4 Å². The number of ether oxygens (including phenoxy) is 3. The topological polar surface area (TPSA) is 77.1 Å². The molecule has 0 bridgehead atoms. The van der Waals surface area contributed by atoms with Crippen LogP contribution in [0.1, 0.15) is 21.8 Å². The van der Waals surface area contributed by atoms with E-state index in [0.29, 0.717) is 37.6 Å². The lowest BCUT2D eigenvalue weighted by Gasteiger charge is -2.18. The Morgan fingerprint density at radius 1 is 0.933 bits per heavy atom. The highest BCUT2D eigenvalue weighted by Gasteiger charge is 2.40. The standard InChI is InChI=1S/C23H28N2O5/c1-28-13-12-24-22(26)21-15-25(23(27)17-6-10-19(30-3)11-7-17)14-20(21)16-4-8-18(29-2)9-5-16/h4-11,20-21H,12-15H2,1-3H3,(H,24,26)/t20-,21+/m1/s1. The second-order valence-corrected chi connectivity index (χ2v) is 7.21. The van der Waals surface area contributed by atoms with E-state index in [2.05, 4.69) is 5.32 Å². The molecule has 0 aromatic heterocycles.